The highest BCUT2D eigenvalue weighted by molar-refractivity contribution is 5.85. The lowest BCUT2D eigenvalue weighted by Gasteiger charge is -2.40. The Hall–Kier alpha value is -0.280. The van der Waals surface area contributed by atoms with Gasteiger partial charge < -0.3 is 10.6 Å². The molecule has 2 N–H and O–H groups in total. The summed E-state index contributed by atoms with van der Waals surface area (Å²) in [6.07, 6.45) is 5.83. The second kappa shape index (κ2) is 5.49. The van der Waals surface area contributed by atoms with Crippen molar-refractivity contribution in [3.05, 3.63) is 0 Å². The lowest BCUT2D eigenvalue weighted by molar-refractivity contribution is -0.127. The number of piperidine rings is 1. The maximum absolute atomic E-state index is 12.4. The number of rotatable bonds is 2. The Bertz CT molecular complexity index is 379. The van der Waals surface area contributed by atoms with Crippen molar-refractivity contribution in [2.75, 3.05) is 13.1 Å². The van der Waals surface area contributed by atoms with E-state index in [9.17, 15) is 4.79 Å². The van der Waals surface area contributed by atoms with Crippen molar-refractivity contribution >= 4 is 18.3 Å². The summed E-state index contributed by atoms with van der Waals surface area (Å²) in [7, 11) is 0. The molecule has 1 aliphatic heterocycles. The van der Waals surface area contributed by atoms with Crippen LogP contribution in [0.2, 0.25) is 0 Å². The molecule has 0 aromatic heterocycles. The van der Waals surface area contributed by atoms with E-state index < -0.39 is 0 Å². The predicted octanol–water partition coefficient (Wildman–Crippen LogP) is 2.74. The lowest BCUT2D eigenvalue weighted by Crippen LogP contribution is -2.49. The molecule has 0 radical (unpaired) electrons. The Morgan fingerprint density at radius 3 is 2.30 bits per heavy atom. The normalized spacial score (nSPS) is 39.4. The van der Waals surface area contributed by atoms with Crippen molar-refractivity contribution < 1.29 is 4.79 Å². The molecule has 3 rings (SSSR count). The van der Waals surface area contributed by atoms with Gasteiger partial charge in [-0.05, 0) is 61.9 Å². The van der Waals surface area contributed by atoms with E-state index in [4.69, 9.17) is 0 Å². The molecule has 4 heteroatoms. The maximum atomic E-state index is 12.4. The zero-order chi connectivity index (χ0) is 13.7. The van der Waals surface area contributed by atoms with Crippen LogP contribution in [0.5, 0.6) is 0 Å². The van der Waals surface area contributed by atoms with Gasteiger partial charge in [-0.25, -0.2) is 0 Å². The van der Waals surface area contributed by atoms with E-state index in [1.165, 1.54) is 19.3 Å². The molecule has 3 nitrogen and oxygen atoms in total. The van der Waals surface area contributed by atoms with Crippen LogP contribution in [0.15, 0.2) is 0 Å². The standard InChI is InChI=1S/C16H28N2O.ClH/c1-15(2)12-4-7-16(15,3)13(10-12)18-14(19)11-5-8-17-9-6-11;/h11-13,17H,4-10H2,1-3H3,(H,18,19);1H. The van der Waals surface area contributed by atoms with Crippen molar-refractivity contribution in [3.63, 3.8) is 0 Å². The van der Waals surface area contributed by atoms with E-state index in [0.29, 0.717) is 22.8 Å². The fraction of sp³-hybridized carbons (Fsp3) is 0.938. The van der Waals surface area contributed by atoms with Gasteiger partial charge in [-0.2, -0.15) is 0 Å². The first-order chi connectivity index (χ1) is 8.95. The molecule has 1 heterocycles. The number of nitrogens with one attached hydrogen (secondary N) is 2. The van der Waals surface area contributed by atoms with Crippen molar-refractivity contribution in [1.29, 1.82) is 0 Å². The summed E-state index contributed by atoms with van der Waals surface area (Å²) in [4.78, 5) is 12.4. The van der Waals surface area contributed by atoms with E-state index in [0.717, 1.165) is 31.8 Å². The minimum Gasteiger partial charge on any atom is -0.353 e. The van der Waals surface area contributed by atoms with Gasteiger partial charge in [0.1, 0.15) is 0 Å². The first kappa shape index (κ1) is 16.1. The molecule has 3 fully saturated rings. The van der Waals surface area contributed by atoms with Crippen molar-refractivity contribution in [2.45, 2.75) is 58.9 Å². The largest absolute Gasteiger partial charge is 0.353 e. The van der Waals surface area contributed by atoms with Crippen LogP contribution in [0.3, 0.4) is 0 Å². The van der Waals surface area contributed by atoms with E-state index in [-0.39, 0.29) is 18.3 Å². The molecule has 3 unspecified atom stereocenters. The first-order valence-electron chi connectivity index (χ1n) is 7.96. The van der Waals surface area contributed by atoms with Crippen LogP contribution >= 0.6 is 12.4 Å². The smallest absolute Gasteiger partial charge is 0.223 e. The first-order valence-corrected chi connectivity index (χ1v) is 7.96. The molecule has 2 bridgehead atoms. The summed E-state index contributed by atoms with van der Waals surface area (Å²) >= 11 is 0. The lowest BCUT2D eigenvalue weighted by atomic mass is 9.69. The van der Waals surface area contributed by atoms with Crippen molar-refractivity contribution in [3.8, 4) is 0 Å². The SMILES string of the molecule is CC1(C)C2CCC1(C)C(NC(=O)C1CCNCC1)C2.Cl. The number of fused-ring (bicyclic) bond motifs is 2. The molecule has 0 aromatic carbocycles. The number of hydrogen-bond acceptors (Lipinski definition) is 2. The van der Waals surface area contributed by atoms with Gasteiger partial charge in [-0.15, -0.1) is 12.4 Å². The molecule has 2 saturated carbocycles. The summed E-state index contributed by atoms with van der Waals surface area (Å²) in [5.74, 6) is 1.36. The number of hydrogen-bond donors (Lipinski definition) is 2. The minimum atomic E-state index is 0. The van der Waals surface area contributed by atoms with E-state index >= 15 is 0 Å². The summed E-state index contributed by atoms with van der Waals surface area (Å²) in [5.41, 5.74) is 0.694. The highest BCUT2D eigenvalue weighted by Gasteiger charge is 2.61. The summed E-state index contributed by atoms with van der Waals surface area (Å²) in [6, 6.07) is 0.406. The number of halogens is 1. The molecular weight excluding hydrogens is 272 g/mol. The Morgan fingerprint density at radius 1 is 1.15 bits per heavy atom. The third kappa shape index (κ3) is 2.27. The van der Waals surface area contributed by atoms with Crippen molar-refractivity contribution in [2.24, 2.45) is 22.7 Å². The third-order valence-electron chi connectivity index (χ3n) is 6.82. The van der Waals surface area contributed by atoms with Gasteiger partial charge in [0.25, 0.3) is 0 Å². The summed E-state index contributed by atoms with van der Waals surface area (Å²) in [5, 5.41) is 6.74. The predicted molar refractivity (Wildman–Crippen MR) is 84.0 cm³/mol. The average Bonchev–Trinajstić information content (AvgIpc) is 2.73. The Kier molecular flexibility index (Phi) is 4.42. The van der Waals surface area contributed by atoms with Gasteiger partial charge in [0.05, 0.1) is 0 Å². The Balaban J connectivity index is 0.00000147. The third-order valence-corrected chi connectivity index (χ3v) is 6.82. The fourth-order valence-corrected chi connectivity index (χ4v) is 4.80. The van der Waals surface area contributed by atoms with Gasteiger partial charge in [0, 0.05) is 12.0 Å². The monoisotopic (exact) mass is 300 g/mol. The van der Waals surface area contributed by atoms with Crippen LogP contribution in [-0.4, -0.2) is 25.0 Å². The zero-order valence-corrected chi connectivity index (χ0v) is 13.8. The van der Waals surface area contributed by atoms with Gasteiger partial charge in [0.15, 0.2) is 0 Å². The minimum absolute atomic E-state index is 0. The van der Waals surface area contributed by atoms with Crippen LogP contribution in [0.25, 0.3) is 0 Å². The van der Waals surface area contributed by atoms with E-state index in [1.54, 1.807) is 0 Å². The fourth-order valence-electron chi connectivity index (χ4n) is 4.80. The highest BCUT2D eigenvalue weighted by atomic mass is 35.5. The van der Waals surface area contributed by atoms with Crippen LogP contribution in [-0.2, 0) is 4.79 Å². The summed E-state index contributed by atoms with van der Waals surface area (Å²) in [6.45, 7) is 9.19. The van der Waals surface area contributed by atoms with Gasteiger partial charge in [0.2, 0.25) is 5.91 Å². The molecule has 116 valence electrons. The van der Waals surface area contributed by atoms with Crippen LogP contribution in [0.4, 0.5) is 0 Å². The van der Waals surface area contributed by atoms with Gasteiger partial charge in [-0.1, -0.05) is 20.8 Å². The van der Waals surface area contributed by atoms with Crippen LogP contribution in [0, 0.1) is 22.7 Å². The topological polar surface area (TPSA) is 41.1 Å². The zero-order valence-electron chi connectivity index (χ0n) is 13.0. The molecule has 1 amide bonds. The number of carbonyl (C=O) groups is 1. The van der Waals surface area contributed by atoms with Gasteiger partial charge in [-0.3, -0.25) is 4.79 Å². The molecule has 0 spiro atoms. The molecule has 0 aromatic rings. The van der Waals surface area contributed by atoms with Crippen molar-refractivity contribution in [1.82, 2.24) is 10.6 Å². The average molecular weight is 301 g/mol. The molecular formula is C16H29ClN2O. The van der Waals surface area contributed by atoms with E-state index in [2.05, 4.69) is 31.4 Å². The van der Waals surface area contributed by atoms with E-state index in [1.807, 2.05) is 0 Å². The number of amides is 1. The molecule has 3 aliphatic rings. The van der Waals surface area contributed by atoms with Crippen LogP contribution in [0.1, 0.15) is 52.9 Å². The Labute approximate surface area is 129 Å². The number of carbonyl (C=O) groups excluding carboxylic acids is 1. The van der Waals surface area contributed by atoms with Crippen LogP contribution < -0.4 is 10.6 Å². The second-order valence-corrected chi connectivity index (χ2v) is 7.70. The quantitative estimate of drug-likeness (QED) is 0.823. The molecule has 2 aliphatic carbocycles. The molecule has 3 atom stereocenters. The maximum Gasteiger partial charge on any atom is 0.223 e. The highest BCUT2D eigenvalue weighted by Crippen LogP contribution is 2.65. The van der Waals surface area contributed by atoms with Gasteiger partial charge >= 0.3 is 0 Å². The molecule has 20 heavy (non-hydrogen) atoms. The summed E-state index contributed by atoms with van der Waals surface area (Å²) < 4.78 is 0. The molecule has 1 saturated heterocycles. The Morgan fingerprint density at radius 2 is 1.80 bits per heavy atom. The second-order valence-electron chi connectivity index (χ2n) is 7.70.